The Morgan fingerprint density at radius 1 is 1.06 bits per heavy atom. The standard InChI is InChI=1S/C16H29NO/c1-3-15(2)9-11-17(12-10-15)13-16(14-18)7-5-4-6-8-16/h14H,3-13H2,1-2H3. The second-order valence-corrected chi connectivity index (χ2v) is 6.98. The van der Waals surface area contributed by atoms with E-state index in [1.165, 1.54) is 57.9 Å². The van der Waals surface area contributed by atoms with Gasteiger partial charge in [0.05, 0.1) is 0 Å². The Kier molecular flexibility index (Phi) is 4.47. The summed E-state index contributed by atoms with van der Waals surface area (Å²) in [5.41, 5.74) is 0.551. The van der Waals surface area contributed by atoms with Gasteiger partial charge in [0.25, 0.3) is 0 Å². The van der Waals surface area contributed by atoms with E-state index in [1.807, 2.05) is 0 Å². The number of carbonyl (C=O) groups excluding carboxylic acids is 1. The van der Waals surface area contributed by atoms with Crippen molar-refractivity contribution in [3.8, 4) is 0 Å². The van der Waals surface area contributed by atoms with Crippen LogP contribution in [0.25, 0.3) is 0 Å². The van der Waals surface area contributed by atoms with Crippen LogP contribution in [0, 0.1) is 10.8 Å². The lowest BCUT2D eigenvalue weighted by Crippen LogP contribution is -2.45. The van der Waals surface area contributed by atoms with E-state index in [0.29, 0.717) is 5.41 Å². The summed E-state index contributed by atoms with van der Waals surface area (Å²) in [6.45, 7) is 8.14. The quantitative estimate of drug-likeness (QED) is 0.711. The molecule has 0 aromatic rings. The molecule has 2 heteroatoms. The molecule has 1 aliphatic heterocycles. The van der Waals surface area contributed by atoms with E-state index in [-0.39, 0.29) is 5.41 Å². The SMILES string of the molecule is CCC1(C)CCN(CC2(C=O)CCCCC2)CC1. The predicted molar refractivity (Wildman–Crippen MR) is 75.7 cm³/mol. The molecule has 2 aliphatic rings. The summed E-state index contributed by atoms with van der Waals surface area (Å²) in [5, 5.41) is 0. The maximum Gasteiger partial charge on any atom is 0.127 e. The molecule has 1 heterocycles. The number of rotatable bonds is 4. The van der Waals surface area contributed by atoms with Gasteiger partial charge < -0.3 is 9.69 Å². The topological polar surface area (TPSA) is 20.3 Å². The van der Waals surface area contributed by atoms with Crippen molar-refractivity contribution in [2.75, 3.05) is 19.6 Å². The highest BCUT2D eigenvalue weighted by molar-refractivity contribution is 5.60. The lowest BCUT2D eigenvalue weighted by Gasteiger charge is -2.43. The van der Waals surface area contributed by atoms with E-state index >= 15 is 0 Å². The first-order valence-electron chi connectivity index (χ1n) is 7.80. The third-order valence-corrected chi connectivity index (χ3v) is 5.55. The molecule has 0 radical (unpaired) electrons. The molecule has 104 valence electrons. The summed E-state index contributed by atoms with van der Waals surface area (Å²) >= 11 is 0. The molecule has 0 bridgehead atoms. The van der Waals surface area contributed by atoms with Crippen LogP contribution in [0.15, 0.2) is 0 Å². The van der Waals surface area contributed by atoms with E-state index < -0.39 is 0 Å². The van der Waals surface area contributed by atoms with Gasteiger partial charge in [0.2, 0.25) is 0 Å². The Balaban J connectivity index is 1.88. The average molecular weight is 251 g/mol. The van der Waals surface area contributed by atoms with Crippen molar-refractivity contribution in [1.82, 2.24) is 4.90 Å². The minimum Gasteiger partial charge on any atom is -0.303 e. The van der Waals surface area contributed by atoms with Crippen LogP contribution in [0.3, 0.4) is 0 Å². The molecule has 2 rings (SSSR count). The molecule has 1 saturated heterocycles. The molecule has 2 nitrogen and oxygen atoms in total. The third kappa shape index (κ3) is 3.14. The molecule has 0 unspecified atom stereocenters. The second-order valence-electron chi connectivity index (χ2n) is 6.98. The van der Waals surface area contributed by atoms with Crippen LogP contribution in [0.2, 0.25) is 0 Å². The molecule has 0 spiro atoms. The zero-order valence-electron chi connectivity index (χ0n) is 12.2. The van der Waals surface area contributed by atoms with Gasteiger partial charge in [-0.25, -0.2) is 0 Å². The highest BCUT2D eigenvalue weighted by Crippen LogP contribution is 2.38. The fraction of sp³-hybridized carbons (Fsp3) is 0.938. The van der Waals surface area contributed by atoms with Gasteiger partial charge in [0.15, 0.2) is 0 Å². The predicted octanol–water partition coefficient (Wildman–Crippen LogP) is 3.65. The van der Waals surface area contributed by atoms with Gasteiger partial charge in [-0.15, -0.1) is 0 Å². The molecular formula is C16H29NO. The first-order valence-corrected chi connectivity index (χ1v) is 7.80. The minimum atomic E-state index is -0.00178. The average Bonchev–Trinajstić information content (AvgIpc) is 2.43. The van der Waals surface area contributed by atoms with Crippen LogP contribution in [-0.2, 0) is 4.79 Å². The molecule has 0 amide bonds. The normalized spacial score (nSPS) is 27.9. The Bertz CT molecular complexity index is 273. The van der Waals surface area contributed by atoms with Gasteiger partial charge in [-0.1, -0.05) is 39.5 Å². The zero-order chi connectivity index (χ0) is 13.1. The molecule has 0 aromatic carbocycles. The zero-order valence-corrected chi connectivity index (χ0v) is 12.2. The van der Waals surface area contributed by atoms with Crippen molar-refractivity contribution in [2.24, 2.45) is 10.8 Å². The molecule has 1 saturated carbocycles. The number of hydrogen-bond donors (Lipinski definition) is 0. The molecule has 0 atom stereocenters. The number of nitrogens with zero attached hydrogens (tertiary/aromatic N) is 1. The van der Waals surface area contributed by atoms with Crippen molar-refractivity contribution in [1.29, 1.82) is 0 Å². The van der Waals surface area contributed by atoms with Gasteiger partial charge >= 0.3 is 0 Å². The Labute approximate surface area is 112 Å². The smallest absolute Gasteiger partial charge is 0.127 e. The van der Waals surface area contributed by atoms with Crippen molar-refractivity contribution < 1.29 is 4.79 Å². The monoisotopic (exact) mass is 251 g/mol. The first kappa shape index (κ1) is 14.0. The fourth-order valence-electron chi connectivity index (χ4n) is 3.62. The maximum atomic E-state index is 11.5. The van der Waals surface area contributed by atoms with E-state index in [4.69, 9.17) is 0 Å². The molecular weight excluding hydrogens is 222 g/mol. The highest BCUT2D eigenvalue weighted by Gasteiger charge is 2.36. The Morgan fingerprint density at radius 2 is 1.67 bits per heavy atom. The third-order valence-electron chi connectivity index (χ3n) is 5.55. The number of aldehydes is 1. The maximum absolute atomic E-state index is 11.5. The van der Waals surface area contributed by atoms with Crippen LogP contribution in [-0.4, -0.2) is 30.8 Å². The largest absolute Gasteiger partial charge is 0.303 e. The van der Waals surface area contributed by atoms with Gasteiger partial charge in [0, 0.05) is 12.0 Å². The van der Waals surface area contributed by atoms with Gasteiger partial charge in [-0.2, -0.15) is 0 Å². The van der Waals surface area contributed by atoms with Crippen LogP contribution in [0.5, 0.6) is 0 Å². The number of carbonyl (C=O) groups is 1. The van der Waals surface area contributed by atoms with Crippen molar-refractivity contribution >= 4 is 6.29 Å². The summed E-state index contributed by atoms with van der Waals surface area (Å²) < 4.78 is 0. The number of likely N-dealkylation sites (tertiary alicyclic amines) is 1. The Morgan fingerprint density at radius 3 is 2.17 bits per heavy atom. The van der Waals surface area contributed by atoms with Crippen molar-refractivity contribution in [3.63, 3.8) is 0 Å². The molecule has 0 aromatic heterocycles. The fourth-order valence-corrected chi connectivity index (χ4v) is 3.62. The second kappa shape index (κ2) is 5.73. The summed E-state index contributed by atoms with van der Waals surface area (Å²) in [5.74, 6) is 0. The lowest BCUT2D eigenvalue weighted by atomic mass is 9.73. The molecule has 2 fully saturated rings. The summed E-state index contributed by atoms with van der Waals surface area (Å²) in [4.78, 5) is 14.1. The summed E-state index contributed by atoms with van der Waals surface area (Å²) in [7, 11) is 0. The van der Waals surface area contributed by atoms with Gasteiger partial charge in [-0.05, 0) is 44.2 Å². The lowest BCUT2D eigenvalue weighted by molar-refractivity contribution is -0.119. The van der Waals surface area contributed by atoms with Gasteiger partial charge in [0.1, 0.15) is 6.29 Å². The summed E-state index contributed by atoms with van der Waals surface area (Å²) in [6.07, 6.45) is 11.2. The van der Waals surface area contributed by atoms with E-state index in [9.17, 15) is 4.79 Å². The van der Waals surface area contributed by atoms with Gasteiger partial charge in [-0.3, -0.25) is 0 Å². The van der Waals surface area contributed by atoms with Crippen LogP contribution in [0.1, 0.15) is 65.2 Å². The Hall–Kier alpha value is -0.370. The highest BCUT2D eigenvalue weighted by atomic mass is 16.1. The number of piperidine rings is 1. The van der Waals surface area contributed by atoms with E-state index in [2.05, 4.69) is 18.7 Å². The number of hydrogen-bond acceptors (Lipinski definition) is 2. The van der Waals surface area contributed by atoms with Crippen LogP contribution in [0.4, 0.5) is 0 Å². The molecule has 0 N–H and O–H groups in total. The van der Waals surface area contributed by atoms with Crippen molar-refractivity contribution in [3.05, 3.63) is 0 Å². The summed E-state index contributed by atoms with van der Waals surface area (Å²) in [6, 6.07) is 0. The van der Waals surface area contributed by atoms with Crippen molar-refractivity contribution in [2.45, 2.75) is 65.2 Å². The minimum absolute atomic E-state index is 0.00178. The van der Waals surface area contributed by atoms with Crippen LogP contribution < -0.4 is 0 Å². The molecule has 1 aliphatic carbocycles. The van der Waals surface area contributed by atoms with E-state index in [0.717, 1.165) is 19.4 Å². The van der Waals surface area contributed by atoms with Crippen LogP contribution >= 0.6 is 0 Å². The molecule has 18 heavy (non-hydrogen) atoms. The van der Waals surface area contributed by atoms with E-state index in [1.54, 1.807) is 0 Å². The first-order chi connectivity index (χ1) is 8.61.